The third kappa shape index (κ3) is 68.5. The minimum absolute atomic E-state index is 0.0799. The molecule has 0 N–H and O–H groups in total. The highest BCUT2D eigenvalue weighted by Gasteiger charge is 2.19. The van der Waals surface area contributed by atoms with Crippen LogP contribution in [0.4, 0.5) is 0 Å². The molecule has 474 valence electrons. The van der Waals surface area contributed by atoms with Crippen molar-refractivity contribution in [3.8, 4) is 0 Å². The Morgan fingerprint density at radius 2 is 0.470 bits per heavy atom. The minimum Gasteiger partial charge on any atom is -0.462 e. The van der Waals surface area contributed by atoms with E-state index in [9.17, 15) is 14.4 Å². The van der Waals surface area contributed by atoms with E-state index in [1.54, 1.807) is 0 Å². The lowest BCUT2D eigenvalue weighted by atomic mass is 10.0. The third-order valence-corrected chi connectivity index (χ3v) is 15.0. The molecule has 0 aromatic carbocycles. The average Bonchev–Trinajstić information content (AvgIpc) is 3.50. The predicted octanol–water partition coefficient (Wildman–Crippen LogP) is 24.3. The van der Waals surface area contributed by atoms with Gasteiger partial charge in [-0.1, -0.05) is 316 Å². The van der Waals surface area contributed by atoms with Gasteiger partial charge in [0.2, 0.25) is 0 Å². The van der Waals surface area contributed by atoms with Crippen molar-refractivity contribution in [3.05, 3.63) is 122 Å². The average molecular weight is 1150 g/mol. The fraction of sp³-hybridized carbons (Fsp3) is 0.701. The van der Waals surface area contributed by atoms with Crippen molar-refractivity contribution < 1.29 is 28.6 Å². The fourth-order valence-electron chi connectivity index (χ4n) is 9.73. The lowest BCUT2D eigenvalue weighted by Crippen LogP contribution is -2.30. The van der Waals surface area contributed by atoms with E-state index in [0.29, 0.717) is 19.3 Å². The van der Waals surface area contributed by atoms with Gasteiger partial charge in [-0.15, -0.1) is 0 Å². The minimum atomic E-state index is -0.782. The zero-order chi connectivity index (χ0) is 59.9. The fourth-order valence-corrected chi connectivity index (χ4v) is 9.73. The van der Waals surface area contributed by atoms with E-state index in [4.69, 9.17) is 14.2 Å². The Bertz CT molecular complexity index is 1700. The van der Waals surface area contributed by atoms with E-state index in [-0.39, 0.29) is 31.1 Å². The highest BCUT2D eigenvalue weighted by Crippen LogP contribution is 2.16. The number of ether oxygens (including phenoxy) is 3. The van der Waals surface area contributed by atoms with E-state index >= 15 is 0 Å². The van der Waals surface area contributed by atoms with Gasteiger partial charge in [0.25, 0.3) is 0 Å². The van der Waals surface area contributed by atoms with Crippen LogP contribution in [0.2, 0.25) is 0 Å². The quantitative estimate of drug-likeness (QED) is 0.0261. The number of esters is 3. The van der Waals surface area contributed by atoms with Crippen molar-refractivity contribution in [2.45, 2.75) is 335 Å². The molecule has 83 heavy (non-hydrogen) atoms. The van der Waals surface area contributed by atoms with Gasteiger partial charge in [-0.3, -0.25) is 14.4 Å². The molecule has 0 bridgehead atoms. The van der Waals surface area contributed by atoms with Crippen molar-refractivity contribution >= 4 is 17.9 Å². The standard InChI is InChI=1S/C77H130O6/c1-4-7-10-13-16-18-20-22-24-26-28-30-32-34-36-37-38-39-41-42-44-46-48-50-52-54-56-58-61-64-67-70-76(79)82-73-74(72-81-75(78)69-66-63-60-15-12-9-6-3)83-77(80)71-68-65-62-59-57-55-53-51-49-47-45-43-40-35-33-31-29-27-25-23-21-19-17-14-11-8-5-2/h7,10,16,18,21-24,27-30,33-36,38-39,42,44,74H,4-6,8-9,11-15,17,19-20,25-26,31-32,37,40-41,43,45-73H2,1-3H3/b10-7-,18-16-,23-21-,24-22-,29-27-,30-28-,35-33-,36-34-,39-38-,44-42-. The smallest absolute Gasteiger partial charge is 0.306 e. The molecule has 0 aliphatic heterocycles. The van der Waals surface area contributed by atoms with E-state index < -0.39 is 6.10 Å². The van der Waals surface area contributed by atoms with Crippen molar-refractivity contribution in [3.63, 3.8) is 0 Å². The van der Waals surface area contributed by atoms with Gasteiger partial charge in [-0.05, 0) is 116 Å². The van der Waals surface area contributed by atoms with E-state index in [0.717, 1.165) is 122 Å². The Labute approximate surface area is 513 Å². The van der Waals surface area contributed by atoms with Crippen LogP contribution in [0.25, 0.3) is 0 Å². The van der Waals surface area contributed by atoms with Gasteiger partial charge in [-0.25, -0.2) is 0 Å². The monoisotopic (exact) mass is 1150 g/mol. The SMILES string of the molecule is CC/C=C\C/C=C\C/C=C\C/C=C\C/C=C\C/C=C\C/C=C\CCCCCCCCCCCC(=O)OCC(COC(=O)CCCCCCCCC)OC(=O)CCCCCCCCCCCCCC/C=C\C/C=C\C/C=C\CCCCCCC. The van der Waals surface area contributed by atoms with Gasteiger partial charge in [-0.2, -0.15) is 0 Å². The van der Waals surface area contributed by atoms with Gasteiger partial charge in [0.05, 0.1) is 0 Å². The second-order valence-electron chi connectivity index (χ2n) is 23.1. The zero-order valence-electron chi connectivity index (χ0n) is 54.4. The molecule has 0 amide bonds. The molecular formula is C77H130O6. The van der Waals surface area contributed by atoms with Gasteiger partial charge < -0.3 is 14.2 Å². The number of unbranched alkanes of at least 4 members (excludes halogenated alkanes) is 32. The summed E-state index contributed by atoms with van der Waals surface area (Å²) >= 11 is 0. The van der Waals surface area contributed by atoms with Gasteiger partial charge in [0, 0.05) is 19.3 Å². The maximum Gasteiger partial charge on any atom is 0.306 e. The largest absolute Gasteiger partial charge is 0.462 e. The molecule has 0 saturated carbocycles. The Hall–Kier alpha value is -4.19. The highest BCUT2D eigenvalue weighted by atomic mass is 16.6. The molecule has 6 nitrogen and oxygen atoms in total. The summed E-state index contributed by atoms with van der Waals surface area (Å²) in [6, 6.07) is 0. The number of carbonyl (C=O) groups is 3. The van der Waals surface area contributed by atoms with Crippen LogP contribution in [0.5, 0.6) is 0 Å². The summed E-state index contributed by atoms with van der Waals surface area (Å²) in [6.45, 7) is 6.49. The maximum absolute atomic E-state index is 12.9. The van der Waals surface area contributed by atoms with Crippen molar-refractivity contribution in [1.82, 2.24) is 0 Å². The number of hydrogen-bond acceptors (Lipinski definition) is 6. The van der Waals surface area contributed by atoms with Crippen LogP contribution >= 0.6 is 0 Å². The summed E-state index contributed by atoms with van der Waals surface area (Å²) in [5.74, 6) is -0.886. The van der Waals surface area contributed by atoms with Crippen LogP contribution in [0.15, 0.2) is 122 Å². The molecule has 0 aliphatic rings. The van der Waals surface area contributed by atoms with Gasteiger partial charge in [0.15, 0.2) is 6.10 Å². The number of allylic oxidation sites excluding steroid dienone is 20. The zero-order valence-corrected chi connectivity index (χ0v) is 54.4. The molecular weight excluding hydrogens is 1020 g/mol. The second kappa shape index (κ2) is 70.3. The summed E-state index contributed by atoms with van der Waals surface area (Å²) in [4.78, 5) is 38.2. The topological polar surface area (TPSA) is 78.9 Å². The Balaban J connectivity index is 4.13. The van der Waals surface area contributed by atoms with Gasteiger partial charge in [0.1, 0.15) is 13.2 Å². The summed E-state index contributed by atoms with van der Waals surface area (Å²) < 4.78 is 16.9. The van der Waals surface area contributed by atoms with Crippen LogP contribution in [-0.2, 0) is 28.6 Å². The molecule has 0 aromatic heterocycles. The number of rotatable bonds is 63. The van der Waals surface area contributed by atoms with Crippen molar-refractivity contribution in [2.24, 2.45) is 0 Å². The normalized spacial score (nSPS) is 12.9. The van der Waals surface area contributed by atoms with Crippen LogP contribution in [0, 0.1) is 0 Å². The summed E-state index contributed by atoms with van der Waals surface area (Å²) in [6.07, 6.45) is 98.2. The van der Waals surface area contributed by atoms with Crippen LogP contribution in [0.1, 0.15) is 329 Å². The molecule has 6 heteroatoms. The van der Waals surface area contributed by atoms with Crippen LogP contribution in [-0.4, -0.2) is 37.2 Å². The molecule has 0 fully saturated rings. The third-order valence-electron chi connectivity index (χ3n) is 15.0. The van der Waals surface area contributed by atoms with Crippen molar-refractivity contribution in [1.29, 1.82) is 0 Å². The molecule has 0 aliphatic carbocycles. The molecule has 0 aromatic rings. The van der Waals surface area contributed by atoms with E-state index in [1.807, 2.05) is 0 Å². The van der Waals surface area contributed by atoms with E-state index in [1.165, 1.54) is 167 Å². The van der Waals surface area contributed by atoms with Crippen molar-refractivity contribution in [2.75, 3.05) is 13.2 Å². The summed E-state index contributed by atoms with van der Waals surface area (Å²) in [7, 11) is 0. The Morgan fingerprint density at radius 1 is 0.253 bits per heavy atom. The summed E-state index contributed by atoms with van der Waals surface area (Å²) in [5.41, 5.74) is 0. The molecule has 0 saturated heterocycles. The van der Waals surface area contributed by atoms with E-state index in [2.05, 4.69) is 142 Å². The molecule has 0 spiro atoms. The first-order chi connectivity index (χ1) is 41.0. The number of carbonyl (C=O) groups excluding carboxylic acids is 3. The van der Waals surface area contributed by atoms with Crippen LogP contribution in [0.3, 0.4) is 0 Å². The second-order valence-corrected chi connectivity index (χ2v) is 23.1. The first-order valence-electron chi connectivity index (χ1n) is 35.0. The Morgan fingerprint density at radius 3 is 0.735 bits per heavy atom. The Kier molecular flexibility index (Phi) is 66.7. The molecule has 1 atom stereocenters. The summed E-state index contributed by atoms with van der Waals surface area (Å²) in [5, 5.41) is 0. The molecule has 0 rings (SSSR count). The lowest BCUT2D eigenvalue weighted by molar-refractivity contribution is -0.167. The van der Waals surface area contributed by atoms with Gasteiger partial charge >= 0.3 is 17.9 Å². The predicted molar refractivity (Wildman–Crippen MR) is 362 cm³/mol. The highest BCUT2D eigenvalue weighted by molar-refractivity contribution is 5.71. The van der Waals surface area contributed by atoms with Crippen LogP contribution < -0.4 is 0 Å². The lowest BCUT2D eigenvalue weighted by Gasteiger charge is -2.18. The first-order valence-corrected chi connectivity index (χ1v) is 35.0. The molecule has 1 unspecified atom stereocenters. The number of hydrogen-bond donors (Lipinski definition) is 0. The maximum atomic E-state index is 12.9. The molecule has 0 radical (unpaired) electrons. The first kappa shape index (κ1) is 78.8. The molecule has 0 heterocycles.